The Balaban J connectivity index is 1.77. The summed E-state index contributed by atoms with van der Waals surface area (Å²) in [6, 6.07) is 15.9. The molecular weight excluding hydrogens is 446 g/mol. The van der Waals surface area contributed by atoms with Crippen molar-refractivity contribution in [3.05, 3.63) is 60.3 Å². The molecule has 1 heterocycles. The van der Waals surface area contributed by atoms with Crippen molar-refractivity contribution in [3.8, 4) is 17.2 Å². The van der Waals surface area contributed by atoms with Crippen molar-refractivity contribution in [2.45, 2.75) is 33.1 Å². The summed E-state index contributed by atoms with van der Waals surface area (Å²) in [5.74, 6) is 1.55. The molecule has 3 amide bonds. The second-order valence-electron chi connectivity index (χ2n) is 9.00. The second-order valence-corrected chi connectivity index (χ2v) is 9.00. The zero-order chi connectivity index (χ0) is 25.6. The van der Waals surface area contributed by atoms with Gasteiger partial charge in [0.15, 0.2) is 0 Å². The van der Waals surface area contributed by atoms with Crippen LogP contribution in [0.2, 0.25) is 0 Å². The van der Waals surface area contributed by atoms with Gasteiger partial charge in [-0.3, -0.25) is 4.79 Å². The quantitative estimate of drug-likeness (QED) is 0.489. The molecular formula is C26H33N5O4. The molecule has 0 bridgehead atoms. The maximum absolute atomic E-state index is 13.0. The number of nitrogens with one attached hydrogen (secondary N) is 2. The minimum atomic E-state index is -0.380. The maximum Gasteiger partial charge on any atom is 0.322 e. The number of hydrogen-bond acceptors (Lipinski definition) is 5. The molecule has 0 saturated carbocycles. The molecule has 1 aromatic heterocycles. The molecule has 0 fully saturated rings. The lowest BCUT2D eigenvalue weighted by molar-refractivity contribution is -0.116. The van der Waals surface area contributed by atoms with E-state index in [4.69, 9.17) is 14.6 Å². The number of hydrogen-bond donors (Lipinski definition) is 2. The Hall–Kier alpha value is -4.01. The molecule has 9 nitrogen and oxygen atoms in total. The third-order valence-corrected chi connectivity index (χ3v) is 5.39. The smallest absolute Gasteiger partial charge is 0.322 e. The standard InChI is InChI=1S/C26H33N5O4/c1-7-30(25(33)27-18-9-8-10-21(15-18)35-6)17-24(32)28-23-16-22(26(2,3)4)29-31(23)19-11-13-20(34-5)14-12-19/h8-16H,7,17H2,1-6H3,(H,27,33)(H,28,32). The molecule has 3 rings (SSSR count). The molecule has 0 aliphatic rings. The summed E-state index contributed by atoms with van der Waals surface area (Å²) in [4.78, 5) is 27.2. The second kappa shape index (κ2) is 10.9. The van der Waals surface area contributed by atoms with Crippen molar-refractivity contribution in [1.82, 2.24) is 14.7 Å². The first-order valence-corrected chi connectivity index (χ1v) is 11.4. The highest BCUT2D eigenvalue weighted by Gasteiger charge is 2.23. The number of carbonyl (C=O) groups is 2. The molecule has 9 heteroatoms. The molecule has 0 aliphatic heterocycles. The van der Waals surface area contributed by atoms with Gasteiger partial charge in [-0.05, 0) is 43.3 Å². The molecule has 2 aromatic carbocycles. The number of nitrogens with zero attached hydrogens (tertiary/aromatic N) is 3. The fourth-order valence-electron chi connectivity index (χ4n) is 3.34. The molecule has 0 radical (unpaired) electrons. The highest BCUT2D eigenvalue weighted by molar-refractivity contribution is 5.96. The van der Waals surface area contributed by atoms with Crippen LogP contribution >= 0.6 is 0 Å². The number of likely N-dealkylation sites (N-methyl/N-ethyl adjacent to an activating group) is 1. The molecule has 0 unspecified atom stereocenters. The number of ether oxygens (including phenoxy) is 2. The van der Waals surface area contributed by atoms with Gasteiger partial charge in [0.25, 0.3) is 0 Å². The third kappa shape index (κ3) is 6.53. The third-order valence-electron chi connectivity index (χ3n) is 5.39. The van der Waals surface area contributed by atoms with Crippen molar-refractivity contribution in [2.24, 2.45) is 0 Å². The minimum Gasteiger partial charge on any atom is -0.497 e. The predicted molar refractivity (Wildman–Crippen MR) is 137 cm³/mol. The summed E-state index contributed by atoms with van der Waals surface area (Å²) >= 11 is 0. The number of urea groups is 1. The van der Waals surface area contributed by atoms with E-state index in [-0.39, 0.29) is 23.9 Å². The minimum absolute atomic E-state index is 0.120. The van der Waals surface area contributed by atoms with Crippen LogP contribution in [0, 0.1) is 0 Å². The van der Waals surface area contributed by atoms with Crippen molar-refractivity contribution >= 4 is 23.4 Å². The van der Waals surface area contributed by atoms with Crippen LogP contribution in [0.4, 0.5) is 16.3 Å². The summed E-state index contributed by atoms with van der Waals surface area (Å²) in [6.07, 6.45) is 0. The number of methoxy groups -OCH3 is 2. The number of carbonyl (C=O) groups excluding carboxylic acids is 2. The Labute approximate surface area is 206 Å². The van der Waals surface area contributed by atoms with E-state index in [1.54, 1.807) is 43.2 Å². The first-order valence-electron chi connectivity index (χ1n) is 11.4. The van der Waals surface area contributed by atoms with Gasteiger partial charge in [0.05, 0.1) is 25.6 Å². The molecule has 186 valence electrons. The fraction of sp³-hybridized carbons (Fsp3) is 0.346. The Bertz CT molecular complexity index is 1170. The van der Waals surface area contributed by atoms with E-state index in [0.29, 0.717) is 23.8 Å². The maximum atomic E-state index is 13.0. The zero-order valence-electron chi connectivity index (χ0n) is 21.1. The van der Waals surface area contributed by atoms with Gasteiger partial charge in [0.1, 0.15) is 23.9 Å². The van der Waals surface area contributed by atoms with Crippen LogP contribution < -0.4 is 20.1 Å². The van der Waals surface area contributed by atoms with Gasteiger partial charge in [-0.1, -0.05) is 26.8 Å². The Morgan fingerprint density at radius 2 is 1.66 bits per heavy atom. The highest BCUT2D eigenvalue weighted by atomic mass is 16.5. The zero-order valence-corrected chi connectivity index (χ0v) is 21.1. The number of anilines is 2. The van der Waals surface area contributed by atoms with Crippen LogP contribution in [0.25, 0.3) is 5.69 Å². The molecule has 0 spiro atoms. The molecule has 2 N–H and O–H groups in total. The van der Waals surface area contributed by atoms with Crippen molar-refractivity contribution in [1.29, 1.82) is 0 Å². The molecule has 0 aliphatic carbocycles. The summed E-state index contributed by atoms with van der Waals surface area (Å²) in [7, 11) is 3.17. The van der Waals surface area contributed by atoms with Crippen molar-refractivity contribution in [3.63, 3.8) is 0 Å². The Morgan fingerprint density at radius 1 is 0.971 bits per heavy atom. The van der Waals surface area contributed by atoms with Gasteiger partial charge in [-0.2, -0.15) is 5.10 Å². The van der Waals surface area contributed by atoms with E-state index in [2.05, 4.69) is 31.4 Å². The van der Waals surface area contributed by atoms with Crippen LogP contribution in [0.3, 0.4) is 0 Å². The largest absolute Gasteiger partial charge is 0.497 e. The number of aromatic nitrogens is 2. The fourth-order valence-corrected chi connectivity index (χ4v) is 3.34. The molecule has 35 heavy (non-hydrogen) atoms. The molecule has 0 atom stereocenters. The summed E-state index contributed by atoms with van der Waals surface area (Å²) in [5.41, 5.74) is 1.97. The topological polar surface area (TPSA) is 97.7 Å². The lowest BCUT2D eigenvalue weighted by atomic mass is 9.92. The van der Waals surface area contributed by atoms with E-state index in [0.717, 1.165) is 17.1 Å². The predicted octanol–water partition coefficient (Wildman–Crippen LogP) is 4.68. The van der Waals surface area contributed by atoms with Crippen LogP contribution in [0.15, 0.2) is 54.6 Å². The number of amides is 3. The summed E-state index contributed by atoms with van der Waals surface area (Å²) in [5, 5.41) is 10.5. The van der Waals surface area contributed by atoms with Gasteiger partial charge < -0.3 is 25.0 Å². The van der Waals surface area contributed by atoms with E-state index in [1.807, 2.05) is 37.3 Å². The van der Waals surface area contributed by atoms with E-state index < -0.39 is 0 Å². The monoisotopic (exact) mass is 479 g/mol. The van der Waals surface area contributed by atoms with Crippen LogP contribution in [0.1, 0.15) is 33.4 Å². The van der Waals surface area contributed by atoms with Gasteiger partial charge in [0.2, 0.25) is 5.91 Å². The van der Waals surface area contributed by atoms with Gasteiger partial charge >= 0.3 is 6.03 Å². The normalized spacial score (nSPS) is 11.0. The van der Waals surface area contributed by atoms with E-state index >= 15 is 0 Å². The van der Waals surface area contributed by atoms with Gasteiger partial charge in [-0.15, -0.1) is 0 Å². The van der Waals surface area contributed by atoms with Crippen LogP contribution in [0.5, 0.6) is 11.5 Å². The van der Waals surface area contributed by atoms with Gasteiger partial charge in [0, 0.05) is 29.8 Å². The molecule has 0 saturated heterocycles. The van der Waals surface area contributed by atoms with Crippen LogP contribution in [-0.2, 0) is 10.2 Å². The summed E-state index contributed by atoms with van der Waals surface area (Å²) in [6.45, 7) is 8.22. The lowest BCUT2D eigenvalue weighted by Gasteiger charge is -2.21. The Morgan fingerprint density at radius 3 is 2.26 bits per heavy atom. The highest BCUT2D eigenvalue weighted by Crippen LogP contribution is 2.27. The summed E-state index contributed by atoms with van der Waals surface area (Å²) < 4.78 is 12.1. The number of benzene rings is 2. The van der Waals surface area contributed by atoms with Crippen molar-refractivity contribution < 1.29 is 19.1 Å². The average Bonchev–Trinajstić information content (AvgIpc) is 3.26. The van der Waals surface area contributed by atoms with Crippen molar-refractivity contribution in [2.75, 3.05) is 37.9 Å². The van der Waals surface area contributed by atoms with E-state index in [9.17, 15) is 9.59 Å². The Kier molecular flexibility index (Phi) is 8.01. The first kappa shape index (κ1) is 25.6. The van der Waals surface area contributed by atoms with Gasteiger partial charge in [-0.25, -0.2) is 9.48 Å². The SMILES string of the molecule is CCN(CC(=O)Nc1cc(C(C)(C)C)nn1-c1ccc(OC)cc1)C(=O)Nc1cccc(OC)c1. The van der Waals surface area contributed by atoms with E-state index in [1.165, 1.54) is 4.90 Å². The average molecular weight is 480 g/mol. The first-order chi connectivity index (χ1) is 16.6. The molecule has 3 aromatic rings. The van der Waals surface area contributed by atoms with Crippen LogP contribution in [-0.4, -0.2) is 53.9 Å². The number of rotatable bonds is 8. The lowest BCUT2D eigenvalue weighted by Crippen LogP contribution is -2.40.